The second kappa shape index (κ2) is 8.61. The Morgan fingerprint density at radius 2 is 1.63 bits per heavy atom. The minimum atomic E-state index is -0.189. The van der Waals surface area contributed by atoms with Gasteiger partial charge in [0, 0.05) is 22.4 Å². The van der Waals surface area contributed by atoms with Crippen LogP contribution in [0.4, 0.5) is 5.69 Å². The van der Waals surface area contributed by atoms with E-state index in [-0.39, 0.29) is 5.91 Å². The maximum Gasteiger partial charge on any atom is 0.255 e. The van der Waals surface area contributed by atoms with Crippen molar-refractivity contribution in [3.05, 3.63) is 83.9 Å². The van der Waals surface area contributed by atoms with E-state index in [1.807, 2.05) is 50.2 Å². The van der Waals surface area contributed by atoms with Gasteiger partial charge in [0.2, 0.25) is 11.8 Å². The highest BCUT2D eigenvalue weighted by atomic mass is 16.5. The van der Waals surface area contributed by atoms with Crippen molar-refractivity contribution in [2.45, 2.75) is 13.8 Å². The van der Waals surface area contributed by atoms with Crippen molar-refractivity contribution >= 4 is 11.6 Å². The maximum atomic E-state index is 12.4. The molecule has 0 spiro atoms. The van der Waals surface area contributed by atoms with Crippen LogP contribution >= 0.6 is 0 Å². The number of benzene rings is 3. The molecule has 0 radical (unpaired) electrons. The van der Waals surface area contributed by atoms with E-state index in [2.05, 4.69) is 15.5 Å². The molecule has 0 unspecified atom stereocenters. The number of carbonyl (C=O) groups is 1. The van der Waals surface area contributed by atoms with Gasteiger partial charge >= 0.3 is 0 Å². The lowest BCUT2D eigenvalue weighted by atomic mass is 10.1. The average Bonchev–Trinajstić information content (AvgIpc) is 3.25. The lowest BCUT2D eigenvalue weighted by molar-refractivity contribution is 0.102. The first-order valence-corrected chi connectivity index (χ1v) is 9.68. The van der Waals surface area contributed by atoms with Gasteiger partial charge in [-0.3, -0.25) is 4.79 Å². The summed E-state index contributed by atoms with van der Waals surface area (Å²) in [6.07, 6.45) is 0. The van der Waals surface area contributed by atoms with Crippen LogP contribution in [0.1, 0.15) is 22.8 Å². The third kappa shape index (κ3) is 4.22. The minimum Gasteiger partial charge on any atom is -0.494 e. The number of anilines is 1. The van der Waals surface area contributed by atoms with Crippen LogP contribution in [0.2, 0.25) is 0 Å². The Kier molecular flexibility index (Phi) is 5.57. The van der Waals surface area contributed by atoms with Crippen molar-refractivity contribution in [2.24, 2.45) is 0 Å². The number of aromatic nitrogens is 2. The number of aryl methyl sites for hydroxylation is 1. The fraction of sp³-hybridized carbons (Fsp3) is 0.125. The van der Waals surface area contributed by atoms with Crippen LogP contribution in [0.3, 0.4) is 0 Å². The molecule has 0 saturated heterocycles. The monoisotopic (exact) mass is 399 g/mol. The van der Waals surface area contributed by atoms with Gasteiger partial charge in [0.05, 0.1) is 6.61 Å². The third-order valence-electron chi connectivity index (χ3n) is 4.62. The summed E-state index contributed by atoms with van der Waals surface area (Å²) in [7, 11) is 0. The fourth-order valence-corrected chi connectivity index (χ4v) is 3.03. The molecule has 6 heteroatoms. The lowest BCUT2D eigenvalue weighted by Crippen LogP contribution is -2.11. The second-order valence-electron chi connectivity index (χ2n) is 6.72. The molecule has 1 heterocycles. The third-order valence-corrected chi connectivity index (χ3v) is 4.62. The number of rotatable bonds is 6. The molecule has 1 amide bonds. The SMILES string of the molecule is CCOc1ccc(C(=O)Nc2ccc(-c3nnc(-c4ccccc4C)o3)cc2)cc1. The molecular formula is C24H21N3O3. The molecule has 1 N–H and O–H groups in total. The smallest absolute Gasteiger partial charge is 0.255 e. The van der Waals surface area contributed by atoms with Crippen LogP contribution < -0.4 is 10.1 Å². The molecule has 3 aromatic carbocycles. The van der Waals surface area contributed by atoms with Gasteiger partial charge in [0.15, 0.2) is 0 Å². The Labute approximate surface area is 174 Å². The van der Waals surface area contributed by atoms with Crippen molar-refractivity contribution in [1.29, 1.82) is 0 Å². The van der Waals surface area contributed by atoms with E-state index in [0.717, 1.165) is 22.4 Å². The van der Waals surface area contributed by atoms with Crippen LogP contribution in [-0.2, 0) is 0 Å². The Morgan fingerprint density at radius 3 is 2.33 bits per heavy atom. The van der Waals surface area contributed by atoms with Crippen molar-refractivity contribution in [1.82, 2.24) is 10.2 Å². The van der Waals surface area contributed by atoms with E-state index in [9.17, 15) is 4.79 Å². The summed E-state index contributed by atoms with van der Waals surface area (Å²) < 4.78 is 11.2. The van der Waals surface area contributed by atoms with Gasteiger partial charge in [-0.15, -0.1) is 10.2 Å². The zero-order valence-electron chi connectivity index (χ0n) is 16.8. The lowest BCUT2D eigenvalue weighted by Gasteiger charge is -2.07. The zero-order valence-corrected chi connectivity index (χ0v) is 16.8. The molecular weight excluding hydrogens is 378 g/mol. The quantitative estimate of drug-likeness (QED) is 0.472. The summed E-state index contributed by atoms with van der Waals surface area (Å²) in [4.78, 5) is 12.4. The van der Waals surface area contributed by atoms with Crippen LogP contribution in [-0.4, -0.2) is 22.7 Å². The molecule has 0 bridgehead atoms. The van der Waals surface area contributed by atoms with Crippen LogP contribution in [0.15, 0.2) is 77.2 Å². The zero-order chi connectivity index (χ0) is 20.9. The van der Waals surface area contributed by atoms with Crippen molar-refractivity contribution < 1.29 is 13.9 Å². The molecule has 0 fully saturated rings. The summed E-state index contributed by atoms with van der Waals surface area (Å²) in [5, 5.41) is 11.2. The Balaban J connectivity index is 1.45. The molecule has 4 aromatic rings. The number of nitrogens with zero attached hydrogens (tertiary/aromatic N) is 2. The predicted octanol–water partition coefficient (Wildman–Crippen LogP) is 5.36. The summed E-state index contributed by atoms with van der Waals surface area (Å²) in [5.41, 5.74) is 4.00. The van der Waals surface area contributed by atoms with Crippen LogP contribution in [0.25, 0.3) is 22.9 Å². The fourth-order valence-electron chi connectivity index (χ4n) is 3.03. The number of nitrogens with one attached hydrogen (secondary N) is 1. The van der Waals surface area contributed by atoms with Gasteiger partial charge in [-0.25, -0.2) is 0 Å². The summed E-state index contributed by atoms with van der Waals surface area (Å²) in [6, 6.07) is 22.2. The Hall–Kier alpha value is -3.93. The maximum absolute atomic E-state index is 12.4. The van der Waals surface area contributed by atoms with Gasteiger partial charge in [0.1, 0.15) is 5.75 Å². The Bertz CT molecular complexity index is 1150. The molecule has 0 aliphatic rings. The predicted molar refractivity (Wildman–Crippen MR) is 115 cm³/mol. The summed E-state index contributed by atoms with van der Waals surface area (Å²) in [6.45, 7) is 4.51. The molecule has 4 rings (SSSR count). The van der Waals surface area contributed by atoms with Crippen molar-refractivity contribution in [3.63, 3.8) is 0 Å². The van der Waals surface area contributed by atoms with E-state index >= 15 is 0 Å². The van der Waals surface area contributed by atoms with Gasteiger partial charge < -0.3 is 14.5 Å². The van der Waals surface area contributed by atoms with Gasteiger partial charge in [-0.2, -0.15) is 0 Å². The highest BCUT2D eigenvalue weighted by Gasteiger charge is 2.12. The molecule has 0 aliphatic heterocycles. The van der Waals surface area contributed by atoms with E-state index in [4.69, 9.17) is 9.15 Å². The standard InChI is InChI=1S/C24H21N3O3/c1-3-29-20-14-10-17(11-15-20)22(28)25-19-12-8-18(9-13-19)23-26-27-24(30-23)21-7-5-4-6-16(21)2/h4-15H,3H2,1-2H3,(H,25,28). The van der Waals surface area contributed by atoms with E-state index < -0.39 is 0 Å². The van der Waals surface area contributed by atoms with Crippen molar-refractivity contribution in [2.75, 3.05) is 11.9 Å². The van der Waals surface area contributed by atoms with E-state index in [1.165, 1.54) is 0 Å². The second-order valence-corrected chi connectivity index (χ2v) is 6.72. The molecule has 30 heavy (non-hydrogen) atoms. The number of hydrogen-bond donors (Lipinski definition) is 1. The highest BCUT2D eigenvalue weighted by Crippen LogP contribution is 2.26. The van der Waals surface area contributed by atoms with Crippen LogP contribution in [0.5, 0.6) is 5.75 Å². The molecule has 1 aromatic heterocycles. The van der Waals surface area contributed by atoms with Gasteiger partial charge in [-0.05, 0) is 74.0 Å². The average molecular weight is 399 g/mol. The van der Waals surface area contributed by atoms with Crippen LogP contribution in [0, 0.1) is 6.92 Å². The normalized spacial score (nSPS) is 10.6. The first-order valence-electron chi connectivity index (χ1n) is 9.68. The molecule has 0 atom stereocenters. The Morgan fingerprint density at radius 1 is 0.933 bits per heavy atom. The molecule has 0 saturated carbocycles. The first kappa shape index (κ1) is 19.4. The number of amides is 1. The largest absolute Gasteiger partial charge is 0.494 e. The minimum absolute atomic E-state index is 0.189. The topological polar surface area (TPSA) is 77.2 Å². The first-order chi connectivity index (χ1) is 14.6. The van der Waals surface area contributed by atoms with E-state index in [0.29, 0.717) is 29.6 Å². The number of carbonyl (C=O) groups excluding carboxylic acids is 1. The number of ether oxygens (including phenoxy) is 1. The van der Waals surface area contributed by atoms with E-state index in [1.54, 1.807) is 36.4 Å². The highest BCUT2D eigenvalue weighted by molar-refractivity contribution is 6.04. The molecule has 0 aliphatic carbocycles. The van der Waals surface area contributed by atoms with Gasteiger partial charge in [-0.1, -0.05) is 18.2 Å². The summed E-state index contributed by atoms with van der Waals surface area (Å²) >= 11 is 0. The summed E-state index contributed by atoms with van der Waals surface area (Å²) in [5.74, 6) is 1.46. The number of hydrogen-bond acceptors (Lipinski definition) is 5. The van der Waals surface area contributed by atoms with Gasteiger partial charge in [0.25, 0.3) is 5.91 Å². The molecule has 6 nitrogen and oxygen atoms in total. The van der Waals surface area contributed by atoms with Crippen molar-refractivity contribution in [3.8, 4) is 28.7 Å². The molecule has 150 valence electrons.